The lowest BCUT2D eigenvalue weighted by atomic mass is 9.89. The highest BCUT2D eigenvalue weighted by Gasteiger charge is 2.46. The van der Waals surface area contributed by atoms with E-state index in [2.05, 4.69) is 21.1 Å². The normalized spacial score (nSPS) is 20.5. The number of nitrogens with zero attached hydrogens (tertiary/aromatic N) is 3. The predicted molar refractivity (Wildman–Crippen MR) is 163 cm³/mol. The summed E-state index contributed by atoms with van der Waals surface area (Å²) < 4.78 is 15.2. The minimum atomic E-state index is -0.791. The lowest BCUT2D eigenvalue weighted by Gasteiger charge is -2.36. The van der Waals surface area contributed by atoms with Crippen molar-refractivity contribution in [3.63, 3.8) is 0 Å². The molecule has 7 nitrogen and oxygen atoms in total. The first kappa shape index (κ1) is 29.8. The van der Waals surface area contributed by atoms with E-state index in [9.17, 15) is 19.1 Å². The van der Waals surface area contributed by atoms with Crippen LogP contribution in [0.1, 0.15) is 70.8 Å². The molecule has 2 N–H and O–H groups in total. The molecular weight excluding hydrogens is 563 g/mol. The van der Waals surface area contributed by atoms with Crippen molar-refractivity contribution in [3.05, 3.63) is 74.1 Å². The van der Waals surface area contributed by atoms with Crippen LogP contribution in [-0.2, 0) is 11.5 Å². The third kappa shape index (κ3) is 6.38. The van der Waals surface area contributed by atoms with Gasteiger partial charge in [0.2, 0.25) is 0 Å². The van der Waals surface area contributed by atoms with Crippen LogP contribution in [0, 0.1) is 13.8 Å². The van der Waals surface area contributed by atoms with Gasteiger partial charge in [0, 0.05) is 47.9 Å². The van der Waals surface area contributed by atoms with Gasteiger partial charge in [-0.05, 0) is 92.8 Å². The summed E-state index contributed by atoms with van der Waals surface area (Å²) in [7, 11) is 0. The highest BCUT2D eigenvalue weighted by molar-refractivity contribution is 8.00. The third-order valence-electron chi connectivity index (χ3n) is 8.41. The van der Waals surface area contributed by atoms with Gasteiger partial charge in [-0.2, -0.15) is 0 Å². The largest absolute Gasteiger partial charge is 0.390 e. The molecular formula is C31H36ClFN4O3S. The maximum Gasteiger partial charge on any atom is 0.253 e. The molecule has 41 heavy (non-hydrogen) atoms. The van der Waals surface area contributed by atoms with E-state index < -0.39 is 17.8 Å². The van der Waals surface area contributed by atoms with Crippen molar-refractivity contribution in [1.29, 1.82) is 0 Å². The fraction of sp³-hybridized carbons (Fsp3) is 0.452. The minimum absolute atomic E-state index is 0.0143. The van der Waals surface area contributed by atoms with Crippen molar-refractivity contribution in [2.75, 3.05) is 26.2 Å². The van der Waals surface area contributed by atoms with Crippen LogP contribution in [-0.4, -0.2) is 69.3 Å². The van der Waals surface area contributed by atoms with Crippen LogP contribution in [0.2, 0.25) is 5.02 Å². The highest BCUT2D eigenvalue weighted by Crippen LogP contribution is 2.34. The molecule has 10 heteroatoms. The molecule has 2 aromatic carbocycles. The molecule has 2 saturated heterocycles. The topological polar surface area (TPSA) is 85.2 Å². The van der Waals surface area contributed by atoms with Gasteiger partial charge in [-0.15, -0.1) is 0 Å². The van der Waals surface area contributed by atoms with E-state index in [1.165, 1.54) is 0 Å². The summed E-state index contributed by atoms with van der Waals surface area (Å²) >= 11 is 7.78. The van der Waals surface area contributed by atoms with Crippen molar-refractivity contribution in [2.24, 2.45) is 4.99 Å². The number of carbonyl (C=O) groups excluding carboxylic acids is 2. The van der Waals surface area contributed by atoms with Crippen LogP contribution in [0.5, 0.6) is 0 Å². The average Bonchev–Trinajstić information content (AvgIpc) is 3.26. The standard InChI is InChI=1S/C31H36ClFN4O3S/c1-20-16-24(28(38)36-11-7-30(3,40)8-12-36)17-21(2)25(20)6-15-41-37-13-9-31(10-14-37)29(39)34-27(35-31)22-4-5-23(19-33)26(32)18-22/h4-6,15-18,40H,7-14,19H2,1-3H3,(H,34,35,39)/b15-6+. The SMILES string of the molecule is Cc1cc(C(=O)N2CCC(C)(O)CC2)cc(C)c1/C=C/SN1CCC2(CC1)N=C(c1ccc(CF)c(Cl)c1)NC2=O. The number of benzene rings is 2. The molecule has 3 aliphatic rings. The number of likely N-dealkylation sites (tertiary alicyclic amines) is 1. The zero-order chi connectivity index (χ0) is 29.4. The molecule has 0 saturated carbocycles. The van der Waals surface area contributed by atoms with Gasteiger partial charge in [-0.1, -0.05) is 35.7 Å². The van der Waals surface area contributed by atoms with Crippen molar-refractivity contribution >= 4 is 47.3 Å². The van der Waals surface area contributed by atoms with Gasteiger partial charge in [-0.25, -0.2) is 8.70 Å². The summed E-state index contributed by atoms with van der Waals surface area (Å²) in [5.41, 5.74) is 3.46. The minimum Gasteiger partial charge on any atom is -0.390 e. The van der Waals surface area contributed by atoms with Crippen molar-refractivity contribution in [2.45, 2.75) is 64.3 Å². The van der Waals surface area contributed by atoms with Gasteiger partial charge >= 0.3 is 0 Å². The Bertz CT molecular complexity index is 1390. The third-order valence-corrected chi connectivity index (χ3v) is 9.69. The van der Waals surface area contributed by atoms with Crippen molar-refractivity contribution < 1.29 is 19.1 Å². The highest BCUT2D eigenvalue weighted by atomic mass is 35.5. The van der Waals surface area contributed by atoms with E-state index in [1.54, 1.807) is 30.1 Å². The monoisotopic (exact) mass is 598 g/mol. The molecule has 0 radical (unpaired) electrons. The molecule has 3 heterocycles. The van der Waals surface area contributed by atoms with Crippen LogP contribution in [0.15, 0.2) is 40.7 Å². The number of amides is 2. The second kappa shape index (κ2) is 11.9. The number of carbonyl (C=O) groups is 2. The van der Waals surface area contributed by atoms with Crippen LogP contribution < -0.4 is 5.32 Å². The van der Waals surface area contributed by atoms with E-state index in [0.717, 1.165) is 16.7 Å². The molecule has 0 aromatic heterocycles. The van der Waals surface area contributed by atoms with E-state index in [4.69, 9.17) is 16.6 Å². The molecule has 0 bridgehead atoms. The number of hydrogen-bond donors (Lipinski definition) is 2. The van der Waals surface area contributed by atoms with E-state index >= 15 is 0 Å². The number of hydrogen-bond acceptors (Lipinski definition) is 6. The maximum absolute atomic E-state index is 13.1. The molecule has 2 aromatic rings. The van der Waals surface area contributed by atoms with Gasteiger partial charge in [0.05, 0.1) is 5.60 Å². The molecule has 1 spiro atoms. The summed E-state index contributed by atoms with van der Waals surface area (Å²) in [5, 5.41) is 15.5. The Hall–Kier alpha value is -2.72. The Kier molecular flexibility index (Phi) is 8.62. The number of alkyl halides is 1. The molecule has 3 aliphatic heterocycles. The number of aliphatic hydroxyl groups is 1. The lowest BCUT2D eigenvalue weighted by molar-refractivity contribution is -0.124. The molecule has 218 valence electrons. The quantitative estimate of drug-likeness (QED) is 0.432. The average molecular weight is 599 g/mol. The first-order valence-corrected chi connectivity index (χ1v) is 15.2. The van der Waals surface area contributed by atoms with Gasteiger partial charge in [0.1, 0.15) is 18.0 Å². The fourth-order valence-electron chi connectivity index (χ4n) is 5.68. The Morgan fingerprint density at radius 2 is 1.78 bits per heavy atom. The lowest BCUT2D eigenvalue weighted by Crippen LogP contribution is -2.47. The molecule has 0 unspecified atom stereocenters. The summed E-state index contributed by atoms with van der Waals surface area (Å²) in [6.07, 6.45) is 4.46. The number of aryl methyl sites for hydroxylation is 2. The van der Waals surface area contributed by atoms with Crippen LogP contribution in [0.4, 0.5) is 4.39 Å². The molecule has 2 fully saturated rings. The Morgan fingerprint density at radius 1 is 1.12 bits per heavy atom. The van der Waals surface area contributed by atoms with Gasteiger partial charge in [-0.3, -0.25) is 14.6 Å². The summed E-state index contributed by atoms with van der Waals surface area (Å²) in [6, 6.07) is 8.91. The van der Waals surface area contributed by atoms with E-state index in [1.807, 2.05) is 37.8 Å². The number of halogens is 2. The van der Waals surface area contributed by atoms with E-state index in [-0.39, 0.29) is 11.8 Å². The molecule has 0 atom stereocenters. The number of nitrogens with one attached hydrogen (secondary N) is 1. The molecule has 2 amide bonds. The van der Waals surface area contributed by atoms with Crippen molar-refractivity contribution in [1.82, 2.24) is 14.5 Å². The Labute approximate surface area is 250 Å². The first-order chi connectivity index (χ1) is 19.5. The van der Waals surface area contributed by atoms with Crippen LogP contribution >= 0.6 is 23.5 Å². The number of piperidine rings is 2. The van der Waals surface area contributed by atoms with Gasteiger partial charge in [0.15, 0.2) is 0 Å². The smallest absolute Gasteiger partial charge is 0.253 e. The Morgan fingerprint density at radius 3 is 2.39 bits per heavy atom. The maximum atomic E-state index is 13.1. The second-order valence-electron chi connectivity index (χ2n) is 11.5. The predicted octanol–water partition coefficient (Wildman–Crippen LogP) is 5.44. The number of amidine groups is 1. The summed E-state index contributed by atoms with van der Waals surface area (Å²) in [6.45, 7) is 7.76. The zero-order valence-corrected chi connectivity index (χ0v) is 25.2. The van der Waals surface area contributed by atoms with Crippen LogP contribution in [0.3, 0.4) is 0 Å². The Balaban J connectivity index is 1.18. The zero-order valence-electron chi connectivity index (χ0n) is 23.7. The van der Waals surface area contributed by atoms with Gasteiger partial charge < -0.3 is 15.3 Å². The summed E-state index contributed by atoms with van der Waals surface area (Å²) in [5.74, 6) is 0.401. The number of rotatable bonds is 6. The fourth-order valence-corrected chi connectivity index (χ4v) is 6.67. The second-order valence-corrected chi connectivity index (χ2v) is 12.9. The van der Waals surface area contributed by atoms with Crippen LogP contribution in [0.25, 0.3) is 6.08 Å². The molecule has 5 rings (SSSR count). The molecule has 0 aliphatic carbocycles. The van der Waals surface area contributed by atoms with Crippen molar-refractivity contribution in [3.8, 4) is 0 Å². The van der Waals surface area contributed by atoms with E-state index in [0.29, 0.717) is 79.4 Å². The van der Waals surface area contributed by atoms with Gasteiger partial charge in [0.25, 0.3) is 11.8 Å². The summed E-state index contributed by atoms with van der Waals surface area (Å²) in [4.78, 5) is 32.6. The number of aliphatic imine (C=N–C) groups is 1. The first-order valence-electron chi connectivity index (χ1n) is 14.0.